The minimum atomic E-state index is -3.91. The fraction of sp³-hybridized carbons (Fsp3) is 0.0952. The Hall–Kier alpha value is -3.92. The molecule has 1 heterocycles. The molecule has 0 atom stereocenters. The fourth-order valence-electron chi connectivity index (χ4n) is 2.52. The van der Waals surface area contributed by atoms with Crippen molar-refractivity contribution in [2.45, 2.75) is 4.90 Å². The minimum absolute atomic E-state index is 0.00743. The molecule has 9 nitrogen and oxygen atoms in total. The van der Waals surface area contributed by atoms with Crippen LogP contribution >= 0.6 is 0 Å². The number of carbonyl (C=O) groups is 1. The first kappa shape index (κ1) is 21.8. The zero-order chi connectivity index (χ0) is 22.3. The molecule has 2 aromatic carbocycles. The van der Waals surface area contributed by atoms with Gasteiger partial charge in [0.15, 0.2) is 0 Å². The van der Waals surface area contributed by atoms with Crippen LogP contribution in [0.3, 0.4) is 0 Å². The zero-order valence-corrected chi connectivity index (χ0v) is 17.6. The smallest absolute Gasteiger partial charge is 0.263 e. The second-order valence-electron chi connectivity index (χ2n) is 6.14. The van der Waals surface area contributed by atoms with Gasteiger partial charge in [-0.05, 0) is 48.0 Å². The number of carbonyl (C=O) groups excluding carboxylic acids is 1. The SMILES string of the molecule is COc1ccc(/C=C/C(=O)Nc2ccc(S(=O)(=O)Nc3nccnc3OC)cc2)cc1. The average molecular weight is 440 g/mol. The largest absolute Gasteiger partial charge is 0.497 e. The van der Waals surface area contributed by atoms with Gasteiger partial charge in [-0.15, -0.1) is 0 Å². The highest BCUT2D eigenvalue weighted by Gasteiger charge is 2.18. The van der Waals surface area contributed by atoms with Crippen LogP contribution in [0, 0.1) is 0 Å². The first-order valence-electron chi connectivity index (χ1n) is 9.02. The van der Waals surface area contributed by atoms with Crippen LogP contribution in [0.1, 0.15) is 5.56 Å². The molecule has 3 rings (SSSR count). The van der Waals surface area contributed by atoms with Crippen LogP contribution in [0.5, 0.6) is 11.6 Å². The van der Waals surface area contributed by atoms with Gasteiger partial charge in [-0.25, -0.2) is 18.4 Å². The lowest BCUT2D eigenvalue weighted by molar-refractivity contribution is -0.111. The normalized spacial score (nSPS) is 11.2. The van der Waals surface area contributed by atoms with E-state index in [1.165, 1.54) is 49.8 Å². The van der Waals surface area contributed by atoms with Crippen LogP contribution in [-0.2, 0) is 14.8 Å². The quantitative estimate of drug-likeness (QED) is 0.517. The molecule has 0 aliphatic heterocycles. The molecule has 0 aliphatic carbocycles. The van der Waals surface area contributed by atoms with E-state index >= 15 is 0 Å². The van der Waals surface area contributed by atoms with Crippen molar-refractivity contribution in [3.63, 3.8) is 0 Å². The van der Waals surface area contributed by atoms with Gasteiger partial charge in [0.1, 0.15) is 5.75 Å². The molecule has 3 aromatic rings. The van der Waals surface area contributed by atoms with E-state index in [0.29, 0.717) is 5.69 Å². The molecule has 10 heteroatoms. The summed E-state index contributed by atoms with van der Waals surface area (Å²) in [7, 11) is -0.968. The molecule has 0 fully saturated rings. The van der Waals surface area contributed by atoms with Crippen molar-refractivity contribution in [2.75, 3.05) is 24.3 Å². The van der Waals surface area contributed by atoms with Crippen molar-refractivity contribution in [3.8, 4) is 11.6 Å². The fourth-order valence-corrected chi connectivity index (χ4v) is 3.53. The summed E-state index contributed by atoms with van der Waals surface area (Å²) in [6, 6.07) is 12.9. The third kappa shape index (κ3) is 5.80. The molecule has 0 saturated carbocycles. The van der Waals surface area contributed by atoms with Gasteiger partial charge in [0.2, 0.25) is 11.7 Å². The summed E-state index contributed by atoms with van der Waals surface area (Å²) in [4.78, 5) is 19.9. The molecule has 1 amide bonds. The topological polar surface area (TPSA) is 120 Å². The molecule has 2 N–H and O–H groups in total. The molecular weight excluding hydrogens is 420 g/mol. The lowest BCUT2D eigenvalue weighted by Crippen LogP contribution is -2.15. The number of amides is 1. The number of aromatic nitrogens is 2. The molecule has 0 aliphatic rings. The van der Waals surface area contributed by atoms with Gasteiger partial charge < -0.3 is 14.8 Å². The Labute approximate surface area is 179 Å². The van der Waals surface area contributed by atoms with Crippen molar-refractivity contribution >= 4 is 33.5 Å². The van der Waals surface area contributed by atoms with Gasteiger partial charge in [-0.1, -0.05) is 12.1 Å². The Bertz CT molecular complexity index is 1180. The summed E-state index contributed by atoms with van der Waals surface area (Å²) in [5, 5.41) is 2.67. The van der Waals surface area contributed by atoms with Gasteiger partial charge in [0.25, 0.3) is 15.9 Å². The zero-order valence-electron chi connectivity index (χ0n) is 16.8. The maximum absolute atomic E-state index is 12.6. The predicted octanol–water partition coefficient (Wildman–Crippen LogP) is 2.95. The molecular formula is C21H20N4O5S. The molecule has 0 radical (unpaired) electrons. The first-order valence-corrected chi connectivity index (χ1v) is 10.5. The number of rotatable bonds is 8. The number of hydrogen-bond donors (Lipinski definition) is 2. The second-order valence-corrected chi connectivity index (χ2v) is 7.82. The third-order valence-electron chi connectivity index (χ3n) is 4.06. The van der Waals surface area contributed by atoms with E-state index in [4.69, 9.17) is 9.47 Å². The molecule has 160 valence electrons. The molecule has 1 aromatic heterocycles. The number of nitrogens with one attached hydrogen (secondary N) is 2. The lowest BCUT2D eigenvalue weighted by Gasteiger charge is -2.10. The first-order chi connectivity index (χ1) is 14.9. The molecule has 0 spiro atoms. The molecule has 31 heavy (non-hydrogen) atoms. The maximum atomic E-state index is 12.6. The van der Waals surface area contributed by atoms with E-state index in [1.807, 2.05) is 12.1 Å². The number of benzene rings is 2. The second kappa shape index (κ2) is 9.72. The standard InChI is InChI=1S/C21H20N4O5S/c1-29-17-8-3-15(4-9-17)5-12-19(26)24-16-6-10-18(11-7-16)31(27,28)25-20-21(30-2)23-14-13-22-20/h3-14H,1-2H3,(H,22,25)(H,24,26)/b12-5+. The van der Waals surface area contributed by atoms with E-state index in [9.17, 15) is 13.2 Å². The van der Waals surface area contributed by atoms with Crippen molar-refractivity contribution < 1.29 is 22.7 Å². The van der Waals surface area contributed by atoms with E-state index in [-0.39, 0.29) is 22.5 Å². The minimum Gasteiger partial charge on any atom is -0.497 e. The highest BCUT2D eigenvalue weighted by Crippen LogP contribution is 2.22. The van der Waals surface area contributed by atoms with Gasteiger partial charge in [0.05, 0.1) is 19.1 Å². The van der Waals surface area contributed by atoms with E-state index in [1.54, 1.807) is 25.3 Å². The number of sulfonamides is 1. The van der Waals surface area contributed by atoms with Crippen LogP contribution in [0.25, 0.3) is 6.08 Å². The lowest BCUT2D eigenvalue weighted by atomic mass is 10.2. The monoisotopic (exact) mass is 440 g/mol. The van der Waals surface area contributed by atoms with Crippen molar-refractivity contribution in [2.24, 2.45) is 0 Å². The number of nitrogens with zero attached hydrogens (tertiary/aromatic N) is 2. The van der Waals surface area contributed by atoms with Gasteiger partial charge in [0, 0.05) is 24.2 Å². The van der Waals surface area contributed by atoms with E-state index in [0.717, 1.165) is 11.3 Å². The van der Waals surface area contributed by atoms with Crippen LogP contribution in [-0.4, -0.2) is 38.5 Å². The average Bonchev–Trinajstić information content (AvgIpc) is 2.78. The predicted molar refractivity (Wildman–Crippen MR) is 116 cm³/mol. The Morgan fingerprint density at radius 2 is 1.61 bits per heavy atom. The van der Waals surface area contributed by atoms with Gasteiger partial charge in [-0.2, -0.15) is 0 Å². The Balaban J connectivity index is 1.64. The molecule has 0 unspecified atom stereocenters. The van der Waals surface area contributed by atoms with Crippen molar-refractivity contribution in [3.05, 3.63) is 72.6 Å². The van der Waals surface area contributed by atoms with Crippen molar-refractivity contribution in [1.82, 2.24) is 9.97 Å². The summed E-state index contributed by atoms with van der Waals surface area (Å²) in [5.74, 6) is 0.405. The number of anilines is 2. The highest BCUT2D eigenvalue weighted by molar-refractivity contribution is 7.92. The summed E-state index contributed by atoms with van der Waals surface area (Å²) >= 11 is 0. The van der Waals surface area contributed by atoms with Crippen LogP contribution in [0.15, 0.2) is 71.9 Å². The van der Waals surface area contributed by atoms with Crippen LogP contribution < -0.4 is 19.5 Å². The summed E-state index contributed by atoms with van der Waals surface area (Å²) < 4.78 is 37.5. The maximum Gasteiger partial charge on any atom is 0.263 e. The molecule has 0 bridgehead atoms. The summed E-state index contributed by atoms with van der Waals surface area (Å²) in [5.41, 5.74) is 1.28. The van der Waals surface area contributed by atoms with E-state index < -0.39 is 10.0 Å². The highest BCUT2D eigenvalue weighted by atomic mass is 32.2. The Kier molecular flexibility index (Phi) is 6.83. The van der Waals surface area contributed by atoms with E-state index in [2.05, 4.69) is 20.0 Å². The third-order valence-corrected chi connectivity index (χ3v) is 5.42. The van der Waals surface area contributed by atoms with Crippen molar-refractivity contribution in [1.29, 1.82) is 0 Å². The summed E-state index contributed by atoms with van der Waals surface area (Å²) in [6.07, 6.45) is 5.77. The molecule has 0 saturated heterocycles. The number of methoxy groups -OCH3 is 2. The summed E-state index contributed by atoms with van der Waals surface area (Å²) in [6.45, 7) is 0. The van der Waals surface area contributed by atoms with Crippen LogP contribution in [0.4, 0.5) is 11.5 Å². The number of ether oxygens (including phenoxy) is 2. The van der Waals surface area contributed by atoms with Gasteiger partial charge >= 0.3 is 0 Å². The Morgan fingerprint density at radius 3 is 2.26 bits per heavy atom. The Morgan fingerprint density at radius 1 is 0.935 bits per heavy atom. The number of hydrogen-bond acceptors (Lipinski definition) is 7. The van der Waals surface area contributed by atoms with Gasteiger partial charge in [-0.3, -0.25) is 9.52 Å². The van der Waals surface area contributed by atoms with Crippen LogP contribution in [0.2, 0.25) is 0 Å².